The zero-order valence-corrected chi connectivity index (χ0v) is 12.2. The molecule has 2 aromatic rings. The van der Waals surface area contributed by atoms with Gasteiger partial charge >= 0.3 is 0 Å². The Bertz CT molecular complexity index is 650. The number of anilines is 1. The van der Waals surface area contributed by atoms with Crippen molar-refractivity contribution in [3.63, 3.8) is 0 Å². The average Bonchev–Trinajstić information content (AvgIpc) is 2.93. The smallest absolute Gasteiger partial charge is 0.223 e. The van der Waals surface area contributed by atoms with Crippen LogP contribution in [-0.4, -0.2) is 59.8 Å². The molecule has 0 unspecified atom stereocenters. The second kappa shape index (κ2) is 5.04. The first-order chi connectivity index (χ1) is 9.52. The molecule has 20 heavy (non-hydrogen) atoms. The van der Waals surface area contributed by atoms with E-state index in [1.807, 2.05) is 22.6 Å². The van der Waals surface area contributed by atoms with Gasteiger partial charge in [0.1, 0.15) is 27.5 Å². The molecule has 0 radical (unpaired) electrons. The van der Waals surface area contributed by atoms with Crippen LogP contribution < -0.4 is 5.73 Å². The Labute approximate surface area is 126 Å². The number of hydrogen-bond acceptors (Lipinski definition) is 8. The first kappa shape index (κ1) is 13.9. The lowest BCUT2D eigenvalue weighted by Crippen LogP contribution is -2.33. The highest BCUT2D eigenvalue weighted by molar-refractivity contribution is 14.1. The number of aliphatic hydroxyl groups excluding tert-OH is 3. The van der Waals surface area contributed by atoms with Crippen LogP contribution in [0.1, 0.15) is 6.23 Å². The molecule has 0 aromatic carbocycles. The van der Waals surface area contributed by atoms with E-state index < -0.39 is 31.1 Å². The van der Waals surface area contributed by atoms with Crippen molar-refractivity contribution in [1.82, 2.24) is 19.5 Å². The Morgan fingerprint density at radius 1 is 1.35 bits per heavy atom. The fraction of sp³-hybridized carbons (Fsp3) is 0.500. The van der Waals surface area contributed by atoms with Crippen LogP contribution in [0.2, 0.25) is 0 Å². The third kappa shape index (κ3) is 2.03. The van der Waals surface area contributed by atoms with Gasteiger partial charge < -0.3 is 25.8 Å². The second-order valence-electron chi connectivity index (χ2n) is 4.43. The predicted octanol–water partition coefficient (Wildman–Crippen LogP) is -1.38. The predicted molar refractivity (Wildman–Crippen MR) is 75.5 cm³/mol. The van der Waals surface area contributed by atoms with E-state index in [0.717, 1.165) is 0 Å². The minimum atomic E-state index is -1.20. The summed E-state index contributed by atoms with van der Waals surface area (Å²) in [5.74, 6) is 0.0791. The van der Waals surface area contributed by atoms with Crippen molar-refractivity contribution in [1.29, 1.82) is 0 Å². The molecule has 0 spiro atoms. The van der Waals surface area contributed by atoms with Crippen molar-refractivity contribution in [3.05, 3.63) is 10.0 Å². The van der Waals surface area contributed by atoms with Crippen LogP contribution in [0.15, 0.2) is 6.33 Å². The Hall–Kier alpha value is -1.08. The molecule has 4 atom stereocenters. The van der Waals surface area contributed by atoms with Gasteiger partial charge in [-0.05, 0) is 22.6 Å². The normalized spacial score (nSPS) is 30.2. The lowest BCUT2D eigenvalue weighted by atomic mass is 10.1. The van der Waals surface area contributed by atoms with Gasteiger partial charge in [0.2, 0.25) is 5.95 Å². The number of aromatic nitrogens is 4. The van der Waals surface area contributed by atoms with E-state index >= 15 is 0 Å². The molecule has 3 rings (SSSR count). The summed E-state index contributed by atoms with van der Waals surface area (Å²) in [6.45, 7) is -0.393. The molecule has 1 saturated heterocycles. The molecule has 0 aliphatic carbocycles. The van der Waals surface area contributed by atoms with Crippen molar-refractivity contribution in [3.8, 4) is 0 Å². The van der Waals surface area contributed by atoms with Crippen LogP contribution in [0.25, 0.3) is 11.2 Å². The van der Waals surface area contributed by atoms with E-state index in [9.17, 15) is 10.2 Å². The number of nitrogens with two attached hydrogens (primary N) is 1. The fourth-order valence-electron chi connectivity index (χ4n) is 2.19. The molecule has 9 nitrogen and oxygen atoms in total. The number of aliphatic hydroxyl groups is 3. The molecular weight excluding hydrogens is 381 g/mol. The summed E-state index contributed by atoms with van der Waals surface area (Å²) in [5.41, 5.74) is 6.53. The largest absolute Gasteiger partial charge is 0.394 e. The number of rotatable bonds is 2. The summed E-state index contributed by atoms with van der Waals surface area (Å²) in [5, 5.41) is 28.9. The zero-order valence-electron chi connectivity index (χ0n) is 10.1. The quantitative estimate of drug-likeness (QED) is 0.362. The fourth-order valence-corrected chi connectivity index (χ4v) is 2.82. The maximum atomic E-state index is 10.0. The molecule has 2 aromatic heterocycles. The maximum Gasteiger partial charge on any atom is 0.223 e. The summed E-state index contributed by atoms with van der Waals surface area (Å²) in [7, 11) is 0. The van der Waals surface area contributed by atoms with Gasteiger partial charge in [0.25, 0.3) is 0 Å². The lowest BCUT2D eigenvalue weighted by Gasteiger charge is -2.16. The molecule has 0 saturated carbocycles. The summed E-state index contributed by atoms with van der Waals surface area (Å²) in [6, 6.07) is 0. The second-order valence-corrected chi connectivity index (χ2v) is 5.45. The van der Waals surface area contributed by atoms with Crippen molar-refractivity contribution in [2.75, 3.05) is 12.3 Å². The van der Waals surface area contributed by atoms with E-state index in [1.165, 1.54) is 10.9 Å². The average molecular weight is 393 g/mol. The SMILES string of the molecule is Nc1nc(I)c2ncn([C@@H]3O[C@H](CO)[C@@H](O)[C@H]3O)c2n1. The standard InChI is InChI=1S/C10H12IN5O4/c11-7-4-8(15-10(12)14-7)16(2-13-4)9-6(19)5(18)3(1-17)20-9/h2-3,5-6,9,17-19H,1H2,(H2,12,14,15)/t3-,5-,6-,9-/m1/s1. The maximum absolute atomic E-state index is 10.0. The molecule has 0 amide bonds. The van der Waals surface area contributed by atoms with Crippen LogP contribution in [0.5, 0.6) is 0 Å². The minimum absolute atomic E-state index is 0.0791. The van der Waals surface area contributed by atoms with Gasteiger partial charge in [-0.2, -0.15) is 4.98 Å². The molecular formula is C10H12IN5O4. The van der Waals surface area contributed by atoms with Crippen molar-refractivity contribution < 1.29 is 20.1 Å². The number of nitrogens with zero attached hydrogens (tertiary/aromatic N) is 4. The van der Waals surface area contributed by atoms with E-state index in [4.69, 9.17) is 15.6 Å². The summed E-state index contributed by atoms with van der Waals surface area (Å²) >= 11 is 1.98. The molecule has 1 fully saturated rings. The first-order valence-electron chi connectivity index (χ1n) is 5.81. The third-order valence-corrected chi connectivity index (χ3v) is 3.94. The van der Waals surface area contributed by atoms with E-state index in [0.29, 0.717) is 14.9 Å². The Kier molecular flexibility index (Phi) is 3.50. The van der Waals surface area contributed by atoms with Crippen LogP contribution in [0, 0.1) is 3.70 Å². The lowest BCUT2D eigenvalue weighted by molar-refractivity contribution is -0.0511. The van der Waals surface area contributed by atoms with Crippen LogP contribution in [0.3, 0.4) is 0 Å². The zero-order chi connectivity index (χ0) is 14.4. The number of imidazole rings is 1. The molecule has 3 heterocycles. The van der Waals surface area contributed by atoms with Crippen LogP contribution >= 0.6 is 22.6 Å². The van der Waals surface area contributed by atoms with Gasteiger partial charge in [0.05, 0.1) is 12.9 Å². The van der Waals surface area contributed by atoms with Crippen molar-refractivity contribution in [2.24, 2.45) is 0 Å². The van der Waals surface area contributed by atoms with Gasteiger partial charge in [-0.15, -0.1) is 0 Å². The van der Waals surface area contributed by atoms with E-state index in [1.54, 1.807) is 0 Å². The molecule has 5 N–H and O–H groups in total. The molecule has 1 aliphatic heterocycles. The van der Waals surface area contributed by atoms with Crippen LogP contribution in [0.4, 0.5) is 5.95 Å². The van der Waals surface area contributed by atoms with Crippen LogP contribution in [-0.2, 0) is 4.74 Å². The third-order valence-electron chi connectivity index (χ3n) is 3.19. The number of halogens is 1. The number of fused-ring (bicyclic) bond motifs is 1. The topological polar surface area (TPSA) is 140 Å². The monoisotopic (exact) mass is 393 g/mol. The van der Waals surface area contributed by atoms with Gasteiger partial charge in [0, 0.05) is 0 Å². The van der Waals surface area contributed by atoms with E-state index in [-0.39, 0.29) is 5.95 Å². The highest BCUT2D eigenvalue weighted by atomic mass is 127. The number of ether oxygens (including phenoxy) is 1. The van der Waals surface area contributed by atoms with Gasteiger partial charge in [-0.25, -0.2) is 9.97 Å². The van der Waals surface area contributed by atoms with Gasteiger partial charge in [-0.1, -0.05) is 0 Å². The molecule has 10 heteroatoms. The first-order valence-corrected chi connectivity index (χ1v) is 6.88. The molecule has 0 bridgehead atoms. The van der Waals surface area contributed by atoms with Gasteiger partial charge in [-0.3, -0.25) is 4.57 Å². The van der Waals surface area contributed by atoms with E-state index in [2.05, 4.69) is 15.0 Å². The number of nitrogen functional groups attached to an aromatic ring is 1. The Balaban J connectivity index is 2.07. The highest BCUT2D eigenvalue weighted by Gasteiger charge is 2.44. The summed E-state index contributed by atoms with van der Waals surface area (Å²) < 4.78 is 7.49. The number of hydrogen-bond donors (Lipinski definition) is 4. The molecule has 1 aliphatic rings. The molecule has 108 valence electrons. The van der Waals surface area contributed by atoms with Crippen molar-refractivity contribution >= 4 is 39.7 Å². The van der Waals surface area contributed by atoms with Gasteiger partial charge in [0.15, 0.2) is 11.9 Å². The Morgan fingerprint density at radius 2 is 2.10 bits per heavy atom. The summed E-state index contributed by atoms with van der Waals surface area (Å²) in [6.07, 6.45) is -2.69. The summed E-state index contributed by atoms with van der Waals surface area (Å²) in [4.78, 5) is 12.2. The Morgan fingerprint density at radius 3 is 2.75 bits per heavy atom. The van der Waals surface area contributed by atoms with Crippen molar-refractivity contribution in [2.45, 2.75) is 24.5 Å². The highest BCUT2D eigenvalue weighted by Crippen LogP contribution is 2.31. The minimum Gasteiger partial charge on any atom is -0.394 e.